The molecule has 0 aliphatic carbocycles. The highest BCUT2D eigenvalue weighted by molar-refractivity contribution is 5.98. The smallest absolute Gasteiger partial charge is 0.255 e. The summed E-state index contributed by atoms with van der Waals surface area (Å²) in [6.45, 7) is 2.51. The lowest BCUT2D eigenvalue weighted by atomic mass is 10.2. The fourth-order valence-corrected chi connectivity index (χ4v) is 2.60. The van der Waals surface area contributed by atoms with Gasteiger partial charge in [0, 0.05) is 32.3 Å². The Kier molecular flexibility index (Phi) is 4.19. The van der Waals surface area contributed by atoms with Crippen molar-refractivity contribution < 1.29 is 9.21 Å². The number of nitrogens with one attached hydrogen (secondary N) is 1. The van der Waals surface area contributed by atoms with Gasteiger partial charge in [0.25, 0.3) is 5.91 Å². The Morgan fingerprint density at radius 1 is 1.29 bits per heavy atom. The second kappa shape index (κ2) is 6.43. The molecule has 0 radical (unpaired) electrons. The van der Waals surface area contributed by atoms with E-state index in [1.807, 2.05) is 18.2 Å². The third kappa shape index (κ3) is 3.24. The van der Waals surface area contributed by atoms with Crippen molar-refractivity contribution in [3.63, 3.8) is 0 Å². The topological polar surface area (TPSA) is 58.4 Å². The largest absolute Gasteiger partial charge is 0.469 e. The Morgan fingerprint density at radius 3 is 2.90 bits per heavy atom. The lowest BCUT2D eigenvalue weighted by Crippen LogP contribution is -2.29. The Labute approximate surface area is 124 Å². The molecule has 5 heteroatoms. The van der Waals surface area contributed by atoms with Gasteiger partial charge in [-0.15, -0.1) is 0 Å². The maximum Gasteiger partial charge on any atom is 0.255 e. The molecule has 0 atom stereocenters. The molecule has 1 N–H and O–H groups in total. The molecule has 21 heavy (non-hydrogen) atoms. The highest BCUT2D eigenvalue weighted by Crippen LogP contribution is 2.21. The first-order valence-corrected chi connectivity index (χ1v) is 7.35. The molecule has 110 valence electrons. The molecular formula is C16H19N3O2. The number of rotatable bonds is 5. The molecule has 0 saturated carbocycles. The van der Waals surface area contributed by atoms with E-state index >= 15 is 0 Å². The summed E-state index contributed by atoms with van der Waals surface area (Å²) in [6, 6.07) is 7.40. The zero-order chi connectivity index (χ0) is 14.5. The molecule has 2 aromatic rings. The van der Waals surface area contributed by atoms with Crippen molar-refractivity contribution in [2.24, 2.45) is 0 Å². The van der Waals surface area contributed by atoms with Crippen LogP contribution in [0.2, 0.25) is 0 Å². The maximum absolute atomic E-state index is 12.3. The molecule has 2 aromatic heterocycles. The van der Waals surface area contributed by atoms with E-state index < -0.39 is 0 Å². The van der Waals surface area contributed by atoms with Gasteiger partial charge >= 0.3 is 0 Å². The predicted octanol–water partition coefficient (Wildman–Crippen LogP) is 2.25. The van der Waals surface area contributed by atoms with E-state index in [0.29, 0.717) is 18.5 Å². The van der Waals surface area contributed by atoms with E-state index in [1.165, 1.54) is 0 Å². The van der Waals surface area contributed by atoms with Gasteiger partial charge in [-0.05, 0) is 37.1 Å². The molecule has 1 amide bonds. The molecule has 1 saturated heterocycles. The van der Waals surface area contributed by atoms with Crippen LogP contribution in [0.1, 0.15) is 29.0 Å². The van der Waals surface area contributed by atoms with Crippen LogP contribution in [-0.2, 0) is 6.42 Å². The van der Waals surface area contributed by atoms with E-state index in [9.17, 15) is 4.79 Å². The number of carbonyl (C=O) groups excluding carboxylic acids is 1. The van der Waals surface area contributed by atoms with Gasteiger partial charge in [0.05, 0.1) is 11.8 Å². The molecule has 3 rings (SSSR count). The molecule has 5 nitrogen and oxygen atoms in total. The highest BCUT2D eigenvalue weighted by Gasteiger charge is 2.20. The number of carbonyl (C=O) groups is 1. The Hall–Kier alpha value is -2.30. The van der Waals surface area contributed by atoms with Gasteiger partial charge in [-0.1, -0.05) is 0 Å². The van der Waals surface area contributed by atoms with Crippen LogP contribution >= 0.6 is 0 Å². The quantitative estimate of drug-likeness (QED) is 0.915. The number of amides is 1. The van der Waals surface area contributed by atoms with E-state index in [1.54, 1.807) is 18.5 Å². The first-order valence-electron chi connectivity index (χ1n) is 7.35. The number of hydrogen-bond acceptors (Lipinski definition) is 4. The molecule has 1 aliphatic rings. The summed E-state index contributed by atoms with van der Waals surface area (Å²) in [5.41, 5.74) is 0.652. The molecule has 0 bridgehead atoms. The number of furan rings is 1. The Bertz CT molecular complexity index is 589. The molecule has 0 unspecified atom stereocenters. The van der Waals surface area contributed by atoms with E-state index in [0.717, 1.165) is 37.5 Å². The van der Waals surface area contributed by atoms with Gasteiger partial charge < -0.3 is 14.6 Å². The summed E-state index contributed by atoms with van der Waals surface area (Å²) < 4.78 is 5.25. The first kappa shape index (κ1) is 13.7. The minimum atomic E-state index is -0.0726. The number of hydrogen-bond donors (Lipinski definition) is 1. The Morgan fingerprint density at radius 2 is 2.14 bits per heavy atom. The van der Waals surface area contributed by atoms with Crippen LogP contribution in [0.25, 0.3) is 0 Å². The Balaban J connectivity index is 1.63. The maximum atomic E-state index is 12.3. The fourth-order valence-electron chi connectivity index (χ4n) is 2.60. The van der Waals surface area contributed by atoms with Gasteiger partial charge in [-0.2, -0.15) is 0 Å². The van der Waals surface area contributed by atoms with Crippen molar-refractivity contribution in [1.82, 2.24) is 10.3 Å². The number of anilines is 1. The van der Waals surface area contributed by atoms with Gasteiger partial charge in [-0.25, -0.2) is 4.98 Å². The van der Waals surface area contributed by atoms with Crippen LogP contribution < -0.4 is 10.2 Å². The lowest BCUT2D eigenvalue weighted by Gasteiger charge is -2.19. The monoisotopic (exact) mass is 285 g/mol. The zero-order valence-electron chi connectivity index (χ0n) is 11.9. The third-order valence-electron chi connectivity index (χ3n) is 3.67. The summed E-state index contributed by atoms with van der Waals surface area (Å²) in [5, 5.41) is 2.94. The van der Waals surface area contributed by atoms with Crippen LogP contribution in [-0.4, -0.2) is 30.5 Å². The summed E-state index contributed by atoms with van der Waals surface area (Å²) >= 11 is 0. The zero-order valence-corrected chi connectivity index (χ0v) is 11.9. The van der Waals surface area contributed by atoms with E-state index in [4.69, 9.17) is 4.42 Å². The molecule has 0 aromatic carbocycles. The van der Waals surface area contributed by atoms with Crippen LogP contribution in [0.4, 0.5) is 5.82 Å². The average molecular weight is 285 g/mol. The molecule has 1 fully saturated rings. The van der Waals surface area contributed by atoms with Crippen LogP contribution in [0.15, 0.2) is 41.1 Å². The molecule has 3 heterocycles. The van der Waals surface area contributed by atoms with Gasteiger partial charge in [0.1, 0.15) is 11.6 Å². The van der Waals surface area contributed by atoms with Crippen LogP contribution in [0.5, 0.6) is 0 Å². The second-order valence-corrected chi connectivity index (χ2v) is 5.15. The number of nitrogens with zero attached hydrogens (tertiary/aromatic N) is 2. The number of pyridine rings is 1. The van der Waals surface area contributed by atoms with Crippen LogP contribution in [0, 0.1) is 0 Å². The summed E-state index contributed by atoms with van der Waals surface area (Å²) in [6.07, 6.45) is 6.40. The van der Waals surface area contributed by atoms with Crippen molar-refractivity contribution in [2.75, 3.05) is 24.5 Å². The minimum absolute atomic E-state index is 0.0726. The predicted molar refractivity (Wildman–Crippen MR) is 80.4 cm³/mol. The highest BCUT2D eigenvalue weighted by atomic mass is 16.3. The fraction of sp³-hybridized carbons (Fsp3) is 0.375. The SMILES string of the molecule is O=C(NCCc1ccco1)c1cccnc1N1CCCC1. The molecular weight excluding hydrogens is 266 g/mol. The van der Waals surface area contributed by atoms with Gasteiger partial charge in [0.15, 0.2) is 0 Å². The van der Waals surface area contributed by atoms with Crippen LogP contribution in [0.3, 0.4) is 0 Å². The number of aromatic nitrogens is 1. The third-order valence-corrected chi connectivity index (χ3v) is 3.67. The van der Waals surface area contributed by atoms with Crippen molar-refractivity contribution >= 4 is 11.7 Å². The normalized spacial score (nSPS) is 14.4. The van der Waals surface area contributed by atoms with Crippen molar-refractivity contribution in [2.45, 2.75) is 19.3 Å². The molecule has 1 aliphatic heterocycles. The van der Waals surface area contributed by atoms with Crippen molar-refractivity contribution in [3.05, 3.63) is 48.0 Å². The van der Waals surface area contributed by atoms with E-state index in [2.05, 4.69) is 15.2 Å². The summed E-state index contributed by atoms with van der Waals surface area (Å²) in [7, 11) is 0. The standard InChI is InChI=1S/C16H19N3O2/c20-16(18-9-7-13-5-4-12-21-13)14-6-3-8-17-15(14)19-10-1-2-11-19/h3-6,8,12H,1-2,7,9-11H2,(H,18,20). The van der Waals surface area contributed by atoms with E-state index in [-0.39, 0.29) is 5.91 Å². The van der Waals surface area contributed by atoms with Crippen molar-refractivity contribution in [1.29, 1.82) is 0 Å². The second-order valence-electron chi connectivity index (χ2n) is 5.15. The summed E-state index contributed by atoms with van der Waals surface area (Å²) in [5.74, 6) is 1.60. The first-order chi connectivity index (χ1) is 10.3. The van der Waals surface area contributed by atoms with Crippen molar-refractivity contribution in [3.8, 4) is 0 Å². The lowest BCUT2D eigenvalue weighted by molar-refractivity contribution is 0.0954. The van der Waals surface area contributed by atoms with Gasteiger partial charge in [-0.3, -0.25) is 4.79 Å². The summed E-state index contributed by atoms with van der Waals surface area (Å²) in [4.78, 5) is 18.9. The molecule has 0 spiro atoms. The average Bonchev–Trinajstić information content (AvgIpc) is 3.20. The van der Waals surface area contributed by atoms with Gasteiger partial charge in [0.2, 0.25) is 0 Å². The minimum Gasteiger partial charge on any atom is -0.469 e.